The summed E-state index contributed by atoms with van der Waals surface area (Å²) in [7, 11) is 0. The maximum absolute atomic E-state index is 11.6. The number of fused-ring (bicyclic) bond motifs is 3. The molecule has 2 heterocycles. The Morgan fingerprint density at radius 1 is 1.29 bits per heavy atom. The minimum absolute atomic E-state index is 0.294. The van der Waals surface area contributed by atoms with Gasteiger partial charge in [0.25, 0.3) is 0 Å². The summed E-state index contributed by atoms with van der Waals surface area (Å²) in [5, 5.41) is 0. The Bertz CT molecular complexity index is 670. The quantitative estimate of drug-likeness (QED) is 0.552. The second-order valence-corrected chi connectivity index (χ2v) is 3.94. The molecule has 0 bridgehead atoms. The van der Waals surface area contributed by atoms with E-state index in [0.29, 0.717) is 16.6 Å². The zero-order chi connectivity index (χ0) is 12.2. The lowest BCUT2D eigenvalue weighted by Gasteiger charge is -2.01. The third kappa shape index (κ3) is 1.16. The number of ether oxygens (including phenoxy) is 1. The van der Waals surface area contributed by atoms with Crippen molar-refractivity contribution in [1.82, 2.24) is 9.55 Å². The van der Waals surface area contributed by atoms with Gasteiger partial charge in [-0.25, -0.2) is 14.6 Å². The van der Waals surface area contributed by atoms with Crippen molar-refractivity contribution in [3.05, 3.63) is 29.1 Å². The van der Waals surface area contributed by atoms with Crippen LogP contribution in [0.1, 0.15) is 33.5 Å². The molecular weight excluding hydrogens is 220 g/mol. The molecule has 0 unspecified atom stereocenters. The maximum Gasteiger partial charge on any atom is 0.349 e. The molecule has 0 fully saturated rings. The van der Waals surface area contributed by atoms with Gasteiger partial charge in [0.1, 0.15) is 16.9 Å². The average molecular weight is 230 g/mol. The minimum atomic E-state index is -0.601. The van der Waals surface area contributed by atoms with Crippen LogP contribution in [0.15, 0.2) is 12.1 Å². The molecule has 0 radical (unpaired) electrons. The summed E-state index contributed by atoms with van der Waals surface area (Å²) in [6.07, 6.45) is 0. The van der Waals surface area contributed by atoms with Crippen LogP contribution in [-0.2, 0) is 11.3 Å². The lowest BCUT2D eigenvalue weighted by molar-refractivity contribution is 0.0444. The Kier molecular flexibility index (Phi) is 1.86. The molecule has 86 valence electrons. The van der Waals surface area contributed by atoms with E-state index in [4.69, 9.17) is 0 Å². The highest BCUT2D eigenvalue weighted by atomic mass is 16.6. The lowest BCUT2D eigenvalue weighted by Crippen LogP contribution is -1.97. The highest BCUT2D eigenvalue weighted by molar-refractivity contribution is 6.20. The summed E-state index contributed by atoms with van der Waals surface area (Å²) < 4.78 is 6.59. The normalized spacial score (nSPS) is 14.2. The van der Waals surface area contributed by atoms with Gasteiger partial charge < -0.3 is 9.30 Å². The van der Waals surface area contributed by atoms with Crippen molar-refractivity contribution in [1.29, 1.82) is 0 Å². The first-order valence-corrected chi connectivity index (χ1v) is 5.39. The number of aromatic nitrogens is 2. The number of rotatable bonds is 1. The van der Waals surface area contributed by atoms with E-state index in [-0.39, 0.29) is 0 Å². The molecule has 5 heteroatoms. The lowest BCUT2D eigenvalue weighted by atomic mass is 10.1. The number of aryl methyl sites for hydroxylation is 2. The van der Waals surface area contributed by atoms with Crippen molar-refractivity contribution in [2.45, 2.75) is 20.4 Å². The fraction of sp³-hybridized carbons (Fsp3) is 0.250. The highest BCUT2D eigenvalue weighted by Crippen LogP contribution is 2.28. The predicted octanol–water partition coefficient (Wildman–Crippen LogP) is 1.68. The fourth-order valence-electron chi connectivity index (χ4n) is 2.27. The van der Waals surface area contributed by atoms with Crippen molar-refractivity contribution < 1.29 is 14.3 Å². The summed E-state index contributed by atoms with van der Waals surface area (Å²) in [5.74, 6) is -0.366. The van der Waals surface area contributed by atoms with Crippen LogP contribution in [0.2, 0.25) is 0 Å². The second-order valence-electron chi connectivity index (χ2n) is 3.94. The first-order chi connectivity index (χ1) is 8.13. The largest absolute Gasteiger partial charge is 0.386 e. The molecule has 3 rings (SSSR count). The van der Waals surface area contributed by atoms with Crippen molar-refractivity contribution in [3.63, 3.8) is 0 Å². The van der Waals surface area contributed by atoms with Gasteiger partial charge in [-0.2, -0.15) is 0 Å². The smallest absolute Gasteiger partial charge is 0.349 e. The number of nitrogens with zero attached hydrogens (tertiary/aromatic N) is 2. The predicted molar refractivity (Wildman–Crippen MR) is 59.9 cm³/mol. The summed E-state index contributed by atoms with van der Waals surface area (Å²) in [4.78, 5) is 27.4. The molecule has 0 N–H and O–H groups in total. The molecule has 0 saturated heterocycles. The standard InChI is InChI=1S/C12H10N2O3/c1-3-14-6(2)13-10-8(14)5-4-7-9(10)12(16)17-11(7)15/h4-5H,3H2,1-2H3. The van der Waals surface area contributed by atoms with E-state index in [1.165, 1.54) is 0 Å². The van der Waals surface area contributed by atoms with Gasteiger partial charge in [0.2, 0.25) is 0 Å². The van der Waals surface area contributed by atoms with E-state index < -0.39 is 11.9 Å². The van der Waals surface area contributed by atoms with Crippen molar-refractivity contribution in [3.8, 4) is 0 Å². The number of hydrogen-bond acceptors (Lipinski definition) is 4. The van der Waals surface area contributed by atoms with Gasteiger partial charge in [-0.15, -0.1) is 0 Å². The average Bonchev–Trinajstić information content (AvgIpc) is 2.75. The Morgan fingerprint density at radius 2 is 2.06 bits per heavy atom. The molecule has 1 aliphatic heterocycles. The summed E-state index contributed by atoms with van der Waals surface area (Å²) in [5.41, 5.74) is 2.01. The first-order valence-electron chi connectivity index (χ1n) is 5.39. The maximum atomic E-state index is 11.6. The van der Waals surface area contributed by atoms with Crippen LogP contribution in [0.4, 0.5) is 0 Å². The van der Waals surface area contributed by atoms with Gasteiger partial charge in [-0.05, 0) is 26.0 Å². The van der Waals surface area contributed by atoms with Gasteiger partial charge in [0.15, 0.2) is 0 Å². The molecule has 0 atom stereocenters. The molecule has 1 aliphatic rings. The van der Waals surface area contributed by atoms with Crippen LogP contribution in [0.25, 0.3) is 11.0 Å². The molecule has 0 spiro atoms. The van der Waals surface area contributed by atoms with Crippen LogP contribution in [0.3, 0.4) is 0 Å². The second kappa shape index (κ2) is 3.16. The van der Waals surface area contributed by atoms with Crippen molar-refractivity contribution in [2.24, 2.45) is 0 Å². The SMILES string of the molecule is CCn1c(C)nc2c3c(ccc21)C(=O)OC3=O. The third-order valence-electron chi connectivity index (χ3n) is 3.04. The fourth-order valence-corrected chi connectivity index (χ4v) is 2.27. The number of esters is 2. The zero-order valence-electron chi connectivity index (χ0n) is 9.48. The molecule has 0 aliphatic carbocycles. The number of cyclic esters (lactones) is 2. The first kappa shape index (κ1) is 10.0. The van der Waals surface area contributed by atoms with E-state index in [0.717, 1.165) is 17.9 Å². The van der Waals surface area contributed by atoms with E-state index in [2.05, 4.69) is 9.72 Å². The zero-order valence-corrected chi connectivity index (χ0v) is 9.48. The molecule has 5 nitrogen and oxygen atoms in total. The van der Waals surface area contributed by atoms with E-state index in [1.807, 2.05) is 18.4 Å². The molecule has 1 aromatic carbocycles. The third-order valence-corrected chi connectivity index (χ3v) is 3.04. The van der Waals surface area contributed by atoms with Crippen LogP contribution >= 0.6 is 0 Å². The molecule has 1 aromatic heterocycles. The Balaban J connectivity index is 2.44. The Morgan fingerprint density at radius 3 is 2.76 bits per heavy atom. The number of carbonyl (C=O) groups is 2. The summed E-state index contributed by atoms with van der Waals surface area (Å²) >= 11 is 0. The van der Waals surface area contributed by atoms with E-state index >= 15 is 0 Å². The number of carbonyl (C=O) groups excluding carboxylic acids is 2. The monoisotopic (exact) mass is 230 g/mol. The number of hydrogen-bond donors (Lipinski definition) is 0. The Labute approximate surface area is 97.0 Å². The Hall–Kier alpha value is -2.17. The number of imidazole rings is 1. The molecule has 2 aromatic rings. The van der Waals surface area contributed by atoms with E-state index in [1.54, 1.807) is 12.1 Å². The molecule has 0 saturated carbocycles. The van der Waals surface area contributed by atoms with Gasteiger partial charge >= 0.3 is 11.9 Å². The summed E-state index contributed by atoms with van der Waals surface area (Å²) in [6, 6.07) is 3.43. The van der Waals surface area contributed by atoms with Gasteiger partial charge in [-0.3, -0.25) is 0 Å². The van der Waals surface area contributed by atoms with Gasteiger partial charge in [0, 0.05) is 6.54 Å². The highest BCUT2D eigenvalue weighted by Gasteiger charge is 2.33. The van der Waals surface area contributed by atoms with Crippen molar-refractivity contribution >= 4 is 23.0 Å². The minimum Gasteiger partial charge on any atom is -0.386 e. The topological polar surface area (TPSA) is 61.2 Å². The van der Waals surface area contributed by atoms with Crippen LogP contribution in [0, 0.1) is 6.92 Å². The number of benzene rings is 1. The van der Waals surface area contributed by atoms with Crippen LogP contribution in [-0.4, -0.2) is 21.5 Å². The molecular formula is C12H10N2O3. The van der Waals surface area contributed by atoms with Gasteiger partial charge in [0.05, 0.1) is 11.1 Å². The van der Waals surface area contributed by atoms with Crippen molar-refractivity contribution in [2.75, 3.05) is 0 Å². The summed E-state index contributed by atoms with van der Waals surface area (Å²) in [6.45, 7) is 4.65. The van der Waals surface area contributed by atoms with E-state index in [9.17, 15) is 9.59 Å². The van der Waals surface area contributed by atoms with Crippen LogP contribution in [0.5, 0.6) is 0 Å². The van der Waals surface area contributed by atoms with Gasteiger partial charge in [-0.1, -0.05) is 0 Å². The molecule has 17 heavy (non-hydrogen) atoms. The van der Waals surface area contributed by atoms with Crippen LogP contribution < -0.4 is 0 Å². The molecule has 0 amide bonds.